The van der Waals surface area contributed by atoms with E-state index in [9.17, 15) is 16.8 Å². The summed E-state index contributed by atoms with van der Waals surface area (Å²) in [6.07, 6.45) is 3.76. The predicted molar refractivity (Wildman–Crippen MR) is 80.3 cm³/mol. The second-order valence-electron chi connectivity index (χ2n) is 5.29. The molecule has 1 aliphatic heterocycles. The van der Waals surface area contributed by atoms with Gasteiger partial charge in [0, 0.05) is 13.1 Å². The van der Waals surface area contributed by atoms with Gasteiger partial charge in [-0.3, -0.25) is 0 Å². The van der Waals surface area contributed by atoms with Crippen LogP contribution in [0.3, 0.4) is 0 Å². The molecule has 1 heterocycles. The molecule has 0 radical (unpaired) electrons. The fourth-order valence-electron chi connectivity index (χ4n) is 2.49. The van der Waals surface area contributed by atoms with Crippen molar-refractivity contribution in [2.45, 2.75) is 18.8 Å². The first-order valence-electron chi connectivity index (χ1n) is 6.60. The summed E-state index contributed by atoms with van der Waals surface area (Å²) in [6, 6.07) is 6.92. The van der Waals surface area contributed by atoms with Crippen molar-refractivity contribution in [2.75, 3.05) is 25.6 Å². The quantitative estimate of drug-likeness (QED) is 0.773. The van der Waals surface area contributed by atoms with E-state index >= 15 is 0 Å². The molecule has 0 amide bonds. The summed E-state index contributed by atoms with van der Waals surface area (Å²) in [5.41, 5.74) is 1.07. The van der Waals surface area contributed by atoms with Gasteiger partial charge in [-0.05, 0) is 36.5 Å². The summed E-state index contributed by atoms with van der Waals surface area (Å²) >= 11 is 0. The lowest BCUT2D eigenvalue weighted by atomic mass is 9.90. The molecule has 0 bridgehead atoms. The van der Waals surface area contributed by atoms with Crippen LogP contribution >= 0.6 is 0 Å². The summed E-state index contributed by atoms with van der Waals surface area (Å²) in [5.74, 6) is 0.574. The van der Waals surface area contributed by atoms with E-state index < -0.39 is 20.1 Å². The zero-order valence-corrected chi connectivity index (χ0v) is 13.7. The van der Waals surface area contributed by atoms with Crippen LogP contribution in [-0.4, -0.2) is 46.7 Å². The first kappa shape index (κ1) is 16.3. The Morgan fingerprint density at radius 3 is 1.95 bits per heavy atom. The molecule has 8 heteroatoms. The minimum atomic E-state index is -3.51. The molecular formula is C13H19NO5S2. The zero-order valence-electron chi connectivity index (χ0n) is 12.0. The average molecular weight is 333 g/mol. The van der Waals surface area contributed by atoms with Gasteiger partial charge in [0.2, 0.25) is 10.0 Å². The summed E-state index contributed by atoms with van der Waals surface area (Å²) in [7, 11) is -6.62. The summed E-state index contributed by atoms with van der Waals surface area (Å²) in [4.78, 5) is 0. The Kier molecular flexibility index (Phi) is 4.60. The number of rotatable bonds is 4. The molecule has 21 heavy (non-hydrogen) atoms. The molecule has 0 unspecified atom stereocenters. The number of benzene rings is 1. The van der Waals surface area contributed by atoms with Gasteiger partial charge in [0.05, 0.1) is 12.5 Å². The first-order valence-corrected chi connectivity index (χ1v) is 10.3. The van der Waals surface area contributed by atoms with Crippen molar-refractivity contribution in [3.8, 4) is 5.75 Å². The van der Waals surface area contributed by atoms with Crippen LogP contribution < -0.4 is 4.18 Å². The van der Waals surface area contributed by atoms with E-state index in [2.05, 4.69) is 0 Å². The molecule has 1 saturated heterocycles. The van der Waals surface area contributed by atoms with E-state index in [0.717, 1.165) is 24.7 Å². The van der Waals surface area contributed by atoms with Gasteiger partial charge in [-0.25, -0.2) is 12.7 Å². The fourth-order valence-corrected chi connectivity index (χ4v) is 3.83. The van der Waals surface area contributed by atoms with Gasteiger partial charge in [0.15, 0.2) is 0 Å². The molecule has 118 valence electrons. The highest BCUT2D eigenvalue weighted by Gasteiger charge is 2.25. The average Bonchev–Trinajstić information content (AvgIpc) is 2.37. The van der Waals surface area contributed by atoms with E-state index in [-0.39, 0.29) is 11.7 Å². The minimum Gasteiger partial charge on any atom is -0.383 e. The van der Waals surface area contributed by atoms with Crippen LogP contribution in [0.4, 0.5) is 0 Å². The highest BCUT2D eigenvalue weighted by molar-refractivity contribution is 7.88. The SMILES string of the molecule is CS(=O)(=O)Oc1ccc(C2CCN(S(C)(=O)=O)CC2)cc1. The van der Waals surface area contributed by atoms with Crippen LogP contribution in [0, 0.1) is 0 Å². The standard InChI is InChI=1S/C13H19NO5S2/c1-20(15,16)14-9-7-12(8-10-14)11-3-5-13(6-4-11)19-21(2,17)18/h3-6,12H,7-10H2,1-2H3. The minimum absolute atomic E-state index is 0.287. The maximum atomic E-state index is 11.5. The molecule has 1 aliphatic rings. The normalized spacial score (nSPS) is 18.6. The lowest BCUT2D eigenvalue weighted by Crippen LogP contribution is -2.37. The maximum absolute atomic E-state index is 11.5. The predicted octanol–water partition coefficient (Wildman–Crippen LogP) is 1.16. The Morgan fingerprint density at radius 1 is 1.00 bits per heavy atom. The second kappa shape index (κ2) is 5.94. The lowest BCUT2D eigenvalue weighted by molar-refractivity contribution is 0.321. The van der Waals surface area contributed by atoms with Gasteiger partial charge in [0.1, 0.15) is 5.75 Å². The Labute approximate surface area is 125 Å². The molecule has 6 nitrogen and oxygen atoms in total. The van der Waals surface area contributed by atoms with Crippen molar-refractivity contribution in [1.82, 2.24) is 4.31 Å². The van der Waals surface area contributed by atoms with Crippen LogP contribution in [-0.2, 0) is 20.1 Å². The first-order chi connectivity index (χ1) is 9.65. The maximum Gasteiger partial charge on any atom is 0.306 e. The Balaban J connectivity index is 2.01. The smallest absolute Gasteiger partial charge is 0.306 e. The van der Waals surface area contributed by atoms with Crippen molar-refractivity contribution in [3.05, 3.63) is 29.8 Å². The molecule has 0 saturated carbocycles. The third-order valence-corrected chi connectivity index (χ3v) is 5.32. The largest absolute Gasteiger partial charge is 0.383 e. The molecule has 2 rings (SSSR count). The fraction of sp³-hybridized carbons (Fsp3) is 0.538. The summed E-state index contributed by atoms with van der Waals surface area (Å²) < 4.78 is 51.3. The van der Waals surface area contributed by atoms with Crippen LogP contribution in [0.1, 0.15) is 24.3 Å². The number of sulfonamides is 1. The zero-order chi connectivity index (χ0) is 15.7. The Morgan fingerprint density at radius 2 is 1.52 bits per heavy atom. The van der Waals surface area contributed by atoms with Crippen molar-refractivity contribution < 1.29 is 21.0 Å². The number of piperidine rings is 1. The molecule has 0 spiro atoms. The Hall–Kier alpha value is -1.12. The molecule has 0 aliphatic carbocycles. The van der Waals surface area contributed by atoms with Crippen molar-refractivity contribution in [3.63, 3.8) is 0 Å². The van der Waals surface area contributed by atoms with Crippen molar-refractivity contribution >= 4 is 20.1 Å². The van der Waals surface area contributed by atoms with E-state index in [1.54, 1.807) is 12.1 Å². The van der Waals surface area contributed by atoms with Gasteiger partial charge in [-0.2, -0.15) is 8.42 Å². The van der Waals surface area contributed by atoms with Crippen LogP contribution in [0.5, 0.6) is 5.75 Å². The van der Waals surface area contributed by atoms with Crippen molar-refractivity contribution in [1.29, 1.82) is 0 Å². The van der Waals surface area contributed by atoms with E-state index in [4.69, 9.17) is 4.18 Å². The second-order valence-corrected chi connectivity index (χ2v) is 8.85. The van der Waals surface area contributed by atoms with Gasteiger partial charge in [-0.1, -0.05) is 12.1 Å². The summed E-state index contributed by atoms with van der Waals surface area (Å²) in [6.45, 7) is 1.04. The van der Waals surface area contributed by atoms with E-state index in [0.29, 0.717) is 13.1 Å². The number of hydrogen-bond donors (Lipinski definition) is 0. The third kappa shape index (κ3) is 4.69. The lowest BCUT2D eigenvalue weighted by Gasteiger charge is -2.30. The third-order valence-electron chi connectivity index (χ3n) is 3.52. The monoisotopic (exact) mass is 333 g/mol. The van der Waals surface area contributed by atoms with Crippen molar-refractivity contribution in [2.24, 2.45) is 0 Å². The van der Waals surface area contributed by atoms with Crippen LogP contribution in [0.15, 0.2) is 24.3 Å². The molecular weight excluding hydrogens is 314 g/mol. The topological polar surface area (TPSA) is 80.8 Å². The van der Waals surface area contributed by atoms with E-state index in [1.807, 2.05) is 12.1 Å². The molecule has 1 fully saturated rings. The van der Waals surface area contributed by atoms with Crippen LogP contribution in [0.2, 0.25) is 0 Å². The van der Waals surface area contributed by atoms with Gasteiger partial charge in [0.25, 0.3) is 0 Å². The Bertz CT molecular complexity index is 687. The molecule has 0 aromatic heterocycles. The molecule has 0 N–H and O–H groups in total. The van der Waals surface area contributed by atoms with E-state index in [1.165, 1.54) is 10.6 Å². The summed E-state index contributed by atoms with van der Waals surface area (Å²) in [5, 5.41) is 0. The number of hydrogen-bond acceptors (Lipinski definition) is 5. The molecule has 0 atom stereocenters. The van der Waals surface area contributed by atoms with Gasteiger partial charge < -0.3 is 4.18 Å². The highest BCUT2D eigenvalue weighted by Crippen LogP contribution is 2.30. The van der Waals surface area contributed by atoms with Crippen LogP contribution in [0.25, 0.3) is 0 Å². The molecule has 1 aromatic rings. The van der Waals surface area contributed by atoms with Gasteiger partial charge >= 0.3 is 10.1 Å². The number of nitrogens with zero attached hydrogens (tertiary/aromatic N) is 1. The molecule has 1 aromatic carbocycles. The highest BCUT2D eigenvalue weighted by atomic mass is 32.2. The van der Waals surface area contributed by atoms with Gasteiger partial charge in [-0.15, -0.1) is 0 Å².